The third-order valence-corrected chi connectivity index (χ3v) is 5.69. The molecule has 1 aromatic heterocycles. The van der Waals surface area contributed by atoms with Crippen molar-refractivity contribution in [1.29, 1.82) is 0 Å². The second kappa shape index (κ2) is 7.75. The number of amides is 2. The lowest BCUT2D eigenvalue weighted by Gasteiger charge is -2.31. The maximum absolute atomic E-state index is 13.0. The van der Waals surface area contributed by atoms with Crippen molar-refractivity contribution in [1.82, 2.24) is 15.1 Å². The second-order valence-corrected chi connectivity index (χ2v) is 7.57. The Morgan fingerprint density at radius 2 is 1.77 bits per heavy atom. The fourth-order valence-corrected chi connectivity index (χ4v) is 3.99. The number of hydrogen-bond acceptors (Lipinski definition) is 6. The van der Waals surface area contributed by atoms with Crippen molar-refractivity contribution in [2.24, 2.45) is 5.92 Å². The molecule has 0 spiro atoms. The van der Waals surface area contributed by atoms with Gasteiger partial charge in [-0.15, -0.1) is 0 Å². The standard InChI is InChI=1S/C22H20N4O5/c27-20(23-14-5-6-17-18(11-14)31-12-30-17)13-7-9-26(10-8-13)22(29)19-15-3-1-2-4-16(15)21(28)25-24-19/h1-6,11,13H,7-10,12H2,(H,23,27)(H,25,28). The Kier molecular flexibility index (Phi) is 4.78. The number of likely N-dealkylation sites (tertiary alicyclic amines) is 1. The number of benzene rings is 2. The van der Waals surface area contributed by atoms with Gasteiger partial charge in [0, 0.05) is 36.1 Å². The highest BCUT2D eigenvalue weighted by Crippen LogP contribution is 2.34. The van der Waals surface area contributed by atoms with E-state index in [-0.39, 0.29) is 35.8 Å². The fourth-order valence-electron chi connectivity index (χ4n) is 3.99. The summed E-state index contributed by atoms with van der Waals surface area (Å²) in [4.78, 5) is 39.3. The number of H-pyrrole nitrogens is 1. The normalized spacial score (nSPS) is 15.8. The molecule has 3 aromatic rings. The maximum Gasteiger partial charge on any atom is 0.274 e. The summed E-state index contributed by atoms with van der Waals surface area (Å²) in [5, 5.41) is 10.3. The molecule has 0 aliphatic carbocycles. The third kappa shape index (κ3) is 3.58. The largest absolute Gasteiger partial charge is 0.454 e. The van der Waals surface area contributed by atoms with Crippen LogP contribution in [0.3, 0.4) is 0 Å². The SMILES string of the molecule is O=C(Nc1ccc2c(c1)OCO2)C1CCN(C(=O)c2n[nH]c(=O)c3ccccc23)CC1. The minimum absolute atomic E-state index is 0.0846. The van der Waals surface area contributed by atoms with E-state index in [2.05, 4.69) is 15.5 Å². The number of rotatable bonds is 3. The smallest absolute Gasteiger partial charge is 0.274 e. The zero-order valence-electron chi connectivity index (χ0n) is 16.6. The lowest BCUT2D eigenvalue weighted by atomic mass is 9.95. The first-order valence-electron chi connectivity index (χ1n) is 10.1. The van der Waals surface area contributed by atoms with E-state index < -0.39 is 0 Å². The van der Waals surface area contributed by atoms with E-state index in [4.69, 9.17) is 9.47 Å². The minimum atomic E-state index is -0.328. The molecule has 31 heavy (non-hydrogen) atoms. The van der Waals surface area contributed by atoms with Crippen molar-refractivity contribution in [2.45, 2.75) is 12.8 Å². The van der Waals surface area contributed by atoms with Gasteiger partial charge in [-0.3, -0.25) is 14.4 Å². The zero-order chi connectivity index (χ0) is 21.4. The Balaban J connectivity index is 1.24. The predicted molar refractivity (Wildman–Crippen MR) is 112 cm³/mol. The first-order valence-corrected chi connectivity index (χ1v) is 10.1. The van der Waals surface area contributed by atoms with Gasteiger partial charge in [0.15, 0.2) is 17.2 Å². The van der Waals surface area contributed by atoms with Gasteiger partial charge in [0.05, 0.1) is 5.39 Å². The number of anilines is 1. The summed E-state index contributed by atoms with van der Waals surface area (Å²) in [6.07, 6.45) is 1.09. The second-order valence-electron chi connectivity index (χ2n) is 7.57. The summed E-state index contributed by atoms with van der Waals surface area (Å²) < 4.78 is 10.6. The van der Waals surface area contributed by atoms with Gasteiger partial charge >= 0.3 is 0 Å². The molecule has 1 fully saturated rings. The van der Waals surface area contributed by atoms with E-state index in [0.717, 1.165) is 0 Å². The van der Waals surface area contributed by atoms with Crippen LogP contribution in [0.5, 0.6) is 11.5 Å². The quantitative estimate of drug-likeness (QED) is 0.671. The maximum atomic E-state index is 13.0. The van der Waals surface area contributed by atoms with Crippen molar-refractivity contribution in [2.75, 3.05) is 25.2 Å². The molecule has 0 bridgehead atoms. The van der Waals surface area contributed by atoms with Crippen molar-refractivity contribution in [3.8, 4) is 11.5 Å². The van der Waals surface area contributed by atoms with Crippen LogP contribution in [0.4, 0.5) is 5.69 Å². The molecule has 1 saturated heterocycles. The topological polar surface area (TPSA) is 114 Å². The third-order valence-electron chi connectivity index (χ3n) is 5.69. The fraction of sp³-hybridized carbons (Fsp3) is 0.273. The summed E-state index contributed by atoms with van der Waals surface area (Å²) in [7, 11) is 0. The first-order chi connectivity index (χ1) is 15.1. The first kappa shape index (κ1) is 19.1. The van der Waals surface area contributed by atoms with Crippen LogP contribution in [0.2, 0.25) is 0 Å². The average Bonchev–Trinajstić information content (AvgIpc) is 3.27. The van der Waals surface area contributed by atoms with Gasteiger partial charge in [-0.25, -0.2) is 5.10 Å². The zero-order valence-corrected chi connectivity index (χ0v) is 16.6. The summed E-state index contributed by atoms with van der Waals surface area (Å²) >= 11 is 0. The molecule has 9 heteroatoms. The van der Waals surface area contributed by atoms with Gasteiger partial charge in [0.1, 0.15) is 0 Å². The molecule has 3 heterocycles. The number of hydrogen-bond donors (Lipinski definition) is 2. The van der Waals surface area contributed by atoms with Gasteiger partial charge < -0.3 is 19.7 Å². The van der Waals surface area contributed by atoms with E-state index in [9.17, 15) is 14.4 Å². The van der Waals surface area contributed by atoms with Crippen LogP contribution >= 0.6 is 0 Å². The highest BCUT2D eigenvalue weighted by atomic mass is 16.7. The van der Waals surface area contributed by atoms with Crippen LogP contribution < -0.4 is 20.3 Å². The van der Waals surface area contributed by atoms with Crippen molar-refractivity contribution in [3.05, 3.63) is 58.5 Å². The number of fused-ring (bicyclic) bond motifs is 2. The van der Waals surface area contributed by atoms with Crippen molar-refractivity contribution < 1.29 is 19.1 Å². The Bertz CT molecular complexity index is 1230. The number of aromatic nitrogens is 2. The number of nitrogens with zero attached hydrogens (tertiary/aromatic N) is 2. The highest BCUT2D eigenvalue weighted by molar-refractivity contribution is 6.04. The van der Waals surface area contributed by atoms with E-state index >= 15 is 0 Å². The number of carbonyl (C=O) groups excluding carboxylic acids is 2. The van der Waals surface area contributed by atoms with Crippen LogP contribution in [0.15, 0.2) is 47.3 Å². The molecule has 158 valence electrons. The number of nitrogens with one attached hydrogen (secondary N) is 2. The Morgan fingerprint density at radius 1 is 1.03 bits per heavy atom. The molecule has 0 atom stereocenters. The van der Waals surface area contributed by atoms with Crippen molar-refractivity contribution in [3.63, 3.8) is 0 Å². The summed E-state index contributed by atoms with van der Waals surface area (Å²) in [6, 6.07) is 12.2. The van der Waals surface area contributed by atoms with Crippen LogP contribution in [-0.4, -0.2) is 46.8 Å². The summed E-state index contributed by atoms with van der Waals surface area (Å²) in [6.45, 7) is 1.05. The van der Waals surface area contributed by atoms with Gasteiger partial charge in [-0.05, 0) is 31.0 Å². The average molecular weight is 420 g/mol. The predicted octanol–water partition coefficient (Wildman–Crippen LogP) is 2.14. The molecule has 2 N–H and O–H groups in total. The molecular formula is C22H20N4O5. The van der Waals surface area contributed by atoms with Crippen LogP contribution in [0.1, 0.15) is 23.3 Å². The molecule has 9 nitrogen and oxygen atoms in total. The van der Waals surface area contributed by atoms with E-state index in [0.29, 0.717) is 53.9 Å². The molecular weight excluding hydrogens is 400 g/mol. The molecule has 2 amide bonds. The van der Waals surface area contributed by atoms with Gasteiger partial charge in [-0.1, -0.05) is 18.2 Å². The number of carbonyl (C=O) groups is 2. The molecule has 5 rings (SSSR count). The molecule has 2 aliphatic heterocycles. The van der Waals surface area contributed by atoms with Crippen LogP contribution in [0.25, 0.3) is 10.8 Å². The molecule has 0 unspecified atom stereocenters. The molecule has 2 aliphatic rings. The molecule has 0 saturated carbocycles. The lowest BCUT2D eigenvalue weighted by molar-refractivity contribution is -0.121. The summed E-state index contributed by atoms with van der Waals surface area (Å²) in [5.74, 6) is 0.738. The summed E-state index contributed by atoms with van der Waals surface area (Å²) in [5.41, 5.74) is 0.543. The van der Waals surface area contributed by atoms with Gasteiger partial charge in [0.2, 0.25) is 12.7 Å². The van der Waals surface area contributed by atoms with E-state index in [1.54, 1.807) is 47.4 Å². The molecule has 0 radical (unpaired) electrons. The minimum Gasteiger partial charge on any atom is -0.454 e. The number of ether oxygens (including phenoxy) is 2. The van der Waals surface area contributed by atoms with E-state index in [1.165, 1.54) is 0 Å². The van der Waals surface area contributed by atoms with Crippen LogP contribution in [0, 0.1) is 5.92 Å². The van der Waals surface area contributed by atoms with Crippen LogP contribution in [-0.2, 0) is 4.79 Å². The van der Waals surface area contributed by atoms with Gasteiger partial charge in [0.25, 0.3) is 11.5 Å². The van der Waals surface area contributed by atoms with Gasteiger partial charge in [-0.2, -0.15) is 5.10 Å². The van der Waals surface area contributed by atoms with E-state index in [1.807, 2.05) is 0 Å². The Morgan fingerprint density at radius 3 is 2.58 bits per heavy atom. The lowest BCUT2D eigenvalue weighted by Crippen LogP contribution is -2.42. The highest BCUT2D eigenvalue weighted by Gasteiger charge is 2.29. The number of aromatic amines is 1. The monoisotopic (exact) mass is 420 g/mol. The number of piperidine rings is 1. The van der Waals surface area contributed by atoms with Crippen molar-refractivity contribution >= 4 is 28.3 Å². The Labute approximate surface area is 177 Å². The molecule has 2 aromatic carbocycles. The Hall–Kier alpha value is -3.88.